The van der Waals surface area contributed by atoms with Crippen LogP contribution in [0.1, 0.15) is 32.4 Å². The number of hydrogen-bond acceptors (Lipinski definition) is 4. The van der Waals surface area contributed by atoms with Crippen LogP contribution in [0.2, 0.25) is 0 Å². The van der Waals surface area contributed by atoms with Crippen molar-refractivity contribution in [1.82, 2.24) is 9.97 Å². The van der Waals surface area contributed by atoms with Gasteiger partial charge in [0.05, 0.1) is 6.61 Å². The Kier molecular flexibility index (Phi) is 5.04. The lowest BCUT2D eigenvalue weighted by atomic mass is 10.1. The standard InChI is InChI=1S/C11H19N3O/c1-3-5-15-11-7-10(13-8-14-11)6-9(12)4-2/h7-9H,3-6,12H2,1-2H3. The Balaban J connectivity index is 2.57. The third-order valence-corrected chi connectivity index (χ3v) is 2.15. The van der Waals surface area contributed by atoms with Gasteiger partial charge in [-0.05, 0) is 12.8 Å². The summed E-state index contributed by atoms with van der Waals surface area (Å²) >= 11 is 0. The van der Waals surface area contributed by atoms with Crippen LogP contribution in [0.3, 0.4) is 0 Å². The van der Waals surface area contributed by atoms with Crippen LogP contribution in [0.15, 0.2) is 12.4 Å². The van der Waals surface area contributed by atoms with Gasteiger partial charge in [0.1, 0.15) is 6.33 Å². The molecule has 1 aromatic heterocycles. The molecule has 4 heteroatoms. The fraction of sp³-hybridized carbons (Fsp3) is 0.636. The third kappa shape index (κ3) is 4.25. The molecular formula is C11H19N3O. The maximum Gasteiger partial charge on any atom is 0.216 e. The van der Waals surface area contributed by atoms with Crippen molar-refractivity contribution in [2.24, 2.45) is 5.73 Å². The summed E-state index contributed by atoms with van der Waals surface area (Å²) in [6.45, 7) is 4.83. The molecule has 0 fully saturated rings. The van der Waals surface area contributed by atoms with Crippen LogP contribution in [-0.2, 0) is 6.42 Å². The van der Waals surface area contributed by atoms with Gasteiger partial charge >= 0.3 is 0 Å². The minimum absolute atomic E-state index is 0.166. The summed E-state index contributed by atoms with van der Waals surface area (Å²) in [5, 5.41) is 0. The van der Waals surface area contributed by atoms with Crippen LogP contribution in [0.25, 0.3) is 0 Å². The van der Waals surface area contributed by atoms with Crippen LogP contribution >= 0.6 is 0 Å². The van der Waals surface area contributed by atoms with Crippen molar-refractivity contribution >= 4 is 0 Å². The molecule has 15 heavy (non-hydrogen) atoms. The molecule has 0 bridgehead atoms. The van der Waals surface area contributed by atoms with Crippen molar-refractivity contribution in [3.05, 3.63) is 18.1 Å². The van der Waals surface area contributed by atoms with Crippen molar-refractivity contribution in [3.8, 4) is 5.88 Å². The second-order valence-electron chi connectivity index (χ2n) is 3.57. The molecule has 0 amide bonds. The van der Waals surface area contributed by atoms with E-state index in [-0.39, 0.29) is 6.04 Å². The second kappa shape index (κ2) is 6.35. The van der Waals surface area contributed by atoms with E-state index < -0.39 is 0 Å². The molecule has 1 atom stereocenters. The fourth-order valence-corrected chi connectivity index (χ4v) is 1.19. The van der Waals surface area contributed by atoms with E-state index in [0.717, 1.165) is 25.0 Å². The van der Waals surface area contributed by atoms with E-state index in [1.807, 2.05) is 6.07 Å². The molecule has 0 aromatic carbocycles. The summed E-state index contributed by atoms with van der Waals surface area (Å²) in [7, 11) is 0. The van der Waals surface area contributed by atoms with Crippen molar-refractivity contribution in [2.75, 3.05) is 6.61 Å². The summed E-state index contributed by atoms with van der Waals surface area (Å²) in [4.78, 5) is 8.20. The van der Waals surface area contributed by atoms with Gasteiger partial charge < -0.3 is 10.5 Å². The van der Waals surface area contributed by atoms with E-state index >= 15 is 0 Å². The van der Waals surface area contributed by atoms with Gasteiger partial charge in [-0.1, -0.05) is 13.8 Å². The fourth-order valence-electron chi connectivity index (χ4n) is 1.19. The van der Waals surface area contributed by atoms with Gasteiger partial charge in [0, 0.05) is 24.2 Å². The van der Waals surface area contributed by atoms with Gasteiger partial charge in [-0.25, -0.2) is 9.97 Å². The highest BCUT2D eigenvalue weighted by Gasteiger charge is 2.04. The summed E-state index contributed by atoms with van der Waals surface area (Å²) in [6, 6.07) is 2.03. The van der Waals surface area contributed by atoms with Gasteiger partial charge in [-0.15, -0.1) is 0 Å². The first kappa shape index (κ1) is 11.9. The number of nitrogens with two attached hydrogens (primary N) is 1. The first-order chi connectivity index (χ1) is 7.26. The van der Waals surface area contributed by atoms with Crippen molar-refractivity contribution in [2.45, 2.75) is 39.2 Å². The number of hydrogen-bond donors (Lipinski definition) is 1. The minimum Gasteiger partial charge on any atom is -0.478 e. The highest BCUT2D eigenvalue weighted by Crippen LogP contribution is 2.09. The Morgan fingerprint density at radius 2 is 2.20 bits per heavy atom. The summed E-state index contributed by atoms with van der Waals surface area (Å²) < 4.78 is 5.42. The lowest BCUT2D eigenvalue weighted by Gasteiger charge is -2.08. The zero-order valence-corrected chi connectivity index (χ0v) is 9.44. The van der Waals surface area contributed by atoms with Crippen LogP contribution < -0.4 is 10.5 Å². The molecule has 0 radical (unpaired) electrons. The Morgan fingerprint density at radius 1 is 1.40 bits per heavy atom. The maximum atomic E-state index is 5.85. The number of nitrogens with zero attached hydrogens (tertiary/aromatic N) is 2. The molecule has 84 valence electrons. The zero-order chi connectivity index (χ0) is 11.1. The van der Waals surface area contributed by atoms with E-state index in [2.05, 4.69) is 23.8 Å². The molecule has 1 rings (SSSR count). The van der Waals surface area contributed by atoms with E-state index in [1.54, 1.807) is 0 Å². The highest BCUT2D eigenvalue weighted by atomic mass is 16.5. The van der Waals surface area contributed by atoms with Gasteiger partial charge in [0.25, 0.3) is 0 Å². The van der Waals surface area contributed by atoms with Gasteiger partial charge in [-0.2, -0.15) is 0 Å². The van der Waals surface area contributed by atoms with Crippen molar-refractivity contribution in [1.29, 1.82) is 0 Å². The minimum atomic E-state index is 0.166. The van der Waals surface area contributed by atoms with E-state index in [1.165, 1.54) is 6.33 Å². The molecule has 0 saturated carbocycles. The largest absolute Gasteiger partial charge is 0.478 e. The molecule has 1 aromatic rings. The number of rotatable bonds is 6. The first-order valence-electron chi connectivity index (χ1n) is 5.45. The molecule has 1 unspecified atom stereocenters. The smallest absolute Gasteiger partial charge is 0.216 e. The Labute approximate surface area is 90.9 Å². The normalized spacial score (nSPS) is 12.5. The molecule has 0 aliphatic carbocycles. The molecule has 2 N–H and O–H groups in total. The molecule has 0 spiro atoms. The van der Waals surface area contributed by atoms with Gasteiger partial charge in [-0.3, -0.25) is 0 Å². The molecule has 0 saturated heterocycles. The average Bonchev–Trinajstić information content (AvgIpc) is 2.26. The van der Waals surface area contributed by atoms with E-state index in [4.69, 9.17) is 10.5 Å². The Morgan fingerprint density at radius 3 is 2.87 bits per heavy atom. The van der Waals surface area contributed by atoms with Crippen LogP contribution in [0.4, 0.5) is 0 Å². The van der Waals surface area contributed by atoms with Crippen LogP contribution in [0.5, 0.6) is 5.88 Å². The van der Waals surface area contributed by atoms with Gasteiger partial charge in [0.2, 0.25) is 5.88 Å². The monoisotopic (exact) mass is 209 g/mol. The zero-order valence-electron chi connectivity index (χ0n) is 9.44. The molecule has 0 aliphatic heterocycles. The quantitative estimate of drug-likeness (QED) is 0.772. The summed E-state index contributed by atoms with van der Waals surface area (Å²) in [5.41, 5.74) is 6.80. The van der Waals surface area contributed by atoms with Crippen LogP contribution in [-0.4, -0.2) is 22.6 Å². The number of ether oxygens (including phenoxy) is 1. The molecule has 4 nitrogen and oxygen atoms in total. The average molecular weight is 209 g/mol. The van der Waals surface area contributed by atoms with E-state index in [0.29, 0.717) is 12.5 Å². The summed E-state index contributed by atoms with van der Waals surface area (Å²) in [6.07, 6.45) is 4.24. The second-order valence-corrected chi connectivity index (χ2v) is 3.57. The van der Waals surface area contributed by atoms with Crippen LogP contribution in [0, 0.1) is 0 Å². The van der Waals surface area contributed by atoms with E-state index in [9.17, 15) is 0 Å². The Bertz CT molecular complexity index is 291. The first-order valence-corrected chi connectivity index (χ1v) is 5.45. The topological polar surface area (TPSA) is 61.0 Å². The van der Waals surface area contributed by atoms with Crippen molar-refractivity contribution in [3.63, 3.8) is 0 Å². The predicted octanol–water partition coefficient (Wildman–Crippen LogP) is 1.55. The lowest BCUT2D eigenvalue weighted by Crippen LogP contribution is -2.22. The highest BCUT2D eigenvalue weighted by molar-refractivity contribution is 5.14. The lowest BCUT2D eigenvalue weighted by molar-refractivity contribution is 0.304. The molecular weight excluding hydrogens is 190 g/mol. The SMILES string of the molecule is CCCOc1cc(CC(N)CC)ncn1. The third-order valence-electron chi connectivity index (χ3n) is 2.15. The van der Waals surface area contributed by atoms with Crippen molar-refractivity contribution < 1.29 is 4.74 Å². The molecule has 0 aliphatic rings. The number of aromatic nitrogens is 2. The Hall–Kier alpha value is -1.16. The molecule has 1 heterocycles. The maximum absolute atomic E-state index is 5.85. The van der Waals surface area contributed by atoms with Gasteiger partial charge in [0.15, 0.2) is 0 Å². The summed E-state index contributed by atoms with van der Waals surface area (Å²) in [5.74, 6) is 0.644. The predicted molar refractivity (Wildman–Crippen MR) is 59.8 cm³/mol.